The molecule has 3 heteroatoms. The molecule has 0 saturated heterocycles. The molecule has 0 unspecified atom stereocenters. The van der Waals surface area contributed by atoms with Gasteiger partial charge in [-0.2, -0.15) is 0 Å². The molecule has 0 radical (unpaired) electrons. The molecule has 110 valence electrons. The van der Waals surface area contributed by atoms with Gasteiger partial charge >= 0.3 is 0 Å². The van der Waals surface area contributed by atoms with Crippen LogP contribution in [0.1, 0.15) is 5.56 Å². The molecule has 0 fully saturated rings. The quantitative estimate of drug-likeness (QED) is 0.607. The number of rotatable bonds is 4. The van der Waals surface area contributed by atoms with Crippen molar-refractivity contribution < 1.29 is 0 Å². The third-order valence-electron chi connectivity index (χ3n) is 3.44. The van der Waals surface area contributed by atoms with Crippen LogP contribution in [0.3, 0.4) is 0 Å². The highest BCUT2D eigenvalue weighted by atomic mass is 32.1. The van der Waals surface area contributed by atoms with Gasteiger partial charge in [0.2, 0.25) is 0 Å². The minimum atomic E-state index is 0.748. The fourth-order valence-electron chi connectivity index (χ4n) is 2.29. The molecule has 3 aromatic rings. The van der Waals surface area contributed by atoms with Crippen LogP contribution in [0.2, 0.25) is 0 Å². The van der Waals surface area contributed by atoms with E-state index in [1.165, 1.54) is 16.8 Å². The van der Waals surface area contributed by atoms with Crippen LogP contribution in [0.25, 0.3) is 11.3 Å². The van der Waals surface area contributed by atoms with E-state index in [0.29, 0.717) is 0 Å². The zero-order chi connectivity index (χ0) is 15.4. The summed E-state index contributed by atoms with van der Waals surface area (Å²) in [4.78, 5) is 5.77. The summed E-state index contributed by atoms with van der Waals surface area (Å²) in [5.74, 6) is 0. The average Bonchev–Trinajstić information content (AvgIpc) is 2.94. The van der Waals surface area contributed by atoms with Gasteiger partial charge in [-0.3, -0.25) is 0 Å². The van der Waals surface area contributed by atoms with E-state index >= 15 is 0 Å². The highest BCUT2D eigenvalue weighted by molar-refractivity contribution is 7.07. The van der Waals surface area contributed by atoms with Gasteiger partial charge in [-0.05, 0) is 24.6 Å². The first-order chi connectivity index (χ1) is 10.8. The van der Waals surface area contributed by atoms with Crippen molar-refractivity contribution in [3.8, 4) is 11.3 Å². The van der Waals surface area contributed by atoms with Crippen LogP contribution >= 0.6 is 11.3 Å². The van der Waals surface area contributed by atoms with Gasteiger partial charge in [0.15, 0.2) is 4.80 Å². The number of allylic oxidation sites excluding steroid dienone is 1. The molecule has 0 bridgehead atoms. The van der Waals surface area contributed by atoms with Crippen molar-refractivity contribution in [3.05, 3.63) is 83.0 Å². The maximum Gasteiger partial charge on any atom is 0.190 e. The van der Waals surface area contributed by atoms with Gasteiger partial charge < -0.3 is 4.57 Å². The SMILES string of the molecule is C=CCn1c(-c2ccccc2)csc1=Nc1ccc(C)cc1. The summed E-state index contributed by atoms with van der Waals surface area (Å²) in [6, 6.07) is 18.7. The molecule has 2 aromatic carbocycles. The second-order valence-electron chi connectivity index (χ2n) is 5.12. The highest BCUT2D eigenvalue weighted by Crippen LogP contribution is 2.20. The van der Waals surface area contributed by atoms with Gasteiger partial charge in [-0.15, -0.1) is 17.9 Å². The molecule has 3 rings (SSSR count). The van der Waals surface area contributed by atoms with E-state index in [0.717, 1.165) is 17.0 Å². The Balaban J connectivity index is 2.11. The fraction of sp³-hybridized carbons (Fsp3) is 0.105. The molecule has 0 N–H and O–H groups in total. The number of nitrogens with zero attached hydrogens (tertiary/aromatic N) is 2. The van der Waals surface area contributed by atoms with Gasteiger partial charge in [-0.1, -0.05) is 54.1 Å². The first-order valence-electron chi connectivity index (χ1n) is 7.24. The Morgan fingerprint density at radius 1 is 1.09 bits per heavy atom. The Labute approximate surface area is 134 Å². The zero-order valence-corrected chi connectivity index (χ0v) is 13.4. The van der Waals surface area contributed by atoms with Gasteiger partial charge in [0.25, 0.3) is 0 Å². The van der Waals surface area contributed by atoms with Gasteiger partial charge in [-0.25, -0.2) is 4.99 Å². The monoisotopic (exact) mass is 306 g/mol. The average molecular weight is 306 g/mol. The third-order valence-corrected chi connectivity index (χ3v) is 4.30. The molecule has 1 heterocycles. The van der Waals surface area contributed by atoms with Crippen molar-refractivity contribution in [1.29, 1.82) is 0 Å². The first kappa shape index (κ1) is 14.5. The standard InChI is InChI=1S/C19H18N2S/c1-3-13-21-18(16-7-5-4-6-8-16)14-22-19(21)20-17-11-9-15(2)10-12-17/h3-12,14H,1,13H2,2H3. The van der Waals surface area contributed by atoms with Gasteiger partial charge in [0, 0.05) is 11.9 Å². The lowest BCUT2D eigenvalue weighted by Crippen LogP contribution is -2.14. The fourth-order valence-corrected chi connectivity index (χ4v) is 3.23. The summed E-state index contributed by atoms with van der Waals surface area (Å²) < 4.78 is 2.20. The summed E-state index contributed by atoms with van der Waals surface area (Å²) >= 11 is 1.66. The van der Waals surface area contributed by atoms with E-state index in [1.54, 1.807) is 11.3 Å². The van der Waals surface area contributed by atoms with Gasteiger partial charge in [0.1, 0.15) is 0 Å². The van der Waals surface area contributed by atoms with Crippen LogP contribution in [-0.2, 0) is 6.54 Å². The number of aromatic nitrogens is 1. The Kier molecular flexibility index (Phi) is 4.35. The minimum Gasteiger partial charge on any atom is -0.313 e. The molecular weight excluding hydrogens is 288 g/mol. The normalized spacial score (nSPS) is 11.6. The number of benzene rings is 2. The molecule has 2 nitrogen and oxygen atoms in total. The molecule has 22 heavy (non-hydrogen) atoms. The van der Waals surface area contributed by atoms with E-state index in [1.807, 2.05) is 12.1 Å². The van der Waals surface area contributed by atoms with Crippen LogP contribution in [0.4, 0.5) is 5.69 Å². The molecule has 0 amide bonds. The van der Waals surface area contributed by atoms with Crippen molar-refractivity contribution in [3.63, 3.8) is 0 Å². The lowest BCUT2D eigenvalue weighted by Gasteiger charge is -2.06. The van der Waals surface area contributed by atoms with Gasteiger partial charge in [0.05, 0.1) is 11.4 Å². The van der Waals surface area contributed by atoms with Crippen molar-refractivity contribution in [2.24, 2.45) is 4.99 Å². The lowest BCUT2D eigenvalue weighted by atomic mass is 10.2. The molecule has 0 aliphatic carbocycles. The van der Waals surface area contributed by atoms with Crippen molar-refractivity contribution in [2.75, 3.05) is 0 Å². The first-order valence-corrected chi connectivity index (χ1v) is 8.12. The minimum absolute atomic E-state index is 0.748. The van der Waals surface area contributed by atoms with E-state index in [2.05, 4.69) is 72.0 Å². The van der Waals surface area contributed by atoms with E-state index in [9.17, 15) is 0 Å². The van der Waals surface area contributed by atoms with Crippen LogP contribution in [0.15, 0.2) is 77.6 Å². The third kappa shape index (κ3) is 3.10. The van der Waals surface area contributed by atoms with Crippen LogP contribution in [0.5, 0.6) is 0 Å². The molecule has 0 saturated carbocycles. The smallest absolute Gasteiger partial charge is 0.190 e. The van der Waals surface area contributed by atoms with E-state index < -0.39 is 0 Å². The predicted octanol–water partition coefficient (Wildman–Crippen LogP) is 4.94. The zero-order valence-electron chi connectivity index (χ0n) is 12.6. The molecule has 0 aliphatic heterocycles. The second kappa shape index (κ2) is 6.58. The largest absolute Gasteiger partial charge is 0.313 e. The van der Waals surface area contributed by atoms with E-state index in [-0.39, 0.29) is 0 Å². The Morgan fingerprint density at radius 3 is 2.50 bits per heavy atom. The van der Waals surface area contributed by atoms with Crippen LogP contribution in [-0.4, -0.2) is 4.57 Å². The van der Waals surface area contributed by atoms with Crippen molar-refractivity contribution >= 4 is 17.0 Å². The number of aryl methyl sites for hydroxylation is 1. The second-order valence-corrected chi connectivity index (χ2v) is 5.95. The Hall–Kier alpha value is -2.39. The molecule has 0 atom stereocenters. The number of hydrogen-bond donors (Lipinski definition) is 0. The Morgan fingerprint density at radius 2 is 1.82 bits per heavy atom. The summed E-state index contributed by atoms with van der Waals surface area (Å²) in [7, 11) is 0. The lowest BCUT2D eigenvalue weighted by molar-refractivity contribution is 0.800. The number of thiazole rings is 1. The molecule has 0 aliphatic rings. The molecule has 1 aromatic heterocycles. The summed E-state index contributed by atoms with van der Waals surface area (Å²) in [6.07, 6.45) is 1.91. The van der Waals surface area contributed by atoms with Crippen LogP contribution < -0.4 is 4.80 Å². The van der Waals surface area contributed by atoms with Crippen molar-refractivity contribution in [2.45, 2.75) is 13.5 Å². The Bertz CT molecular complexity index is 824. The maximum absolute atomic E-state index is 4.78. The topological polar surface area (TPSA) is 17.3 Å². The summed E-state index contributed by atoms with van der Waals surface area (Å²) in [5.41, 5.74) is 4.60. The summed E-state index contributed by atoms with van der Waals surface area (Å²) in [6.45, 7) is 6.70. The van der Waals surface area contributed by atoms with Crippen molar-refractivity contribution in [1.82, 2.24) is 4.57 Å². The predicted molar refractivity (Wildman–Crippen MR) is 94.3 cm³/mol. The van der Waals surface area contributed by atoms with E-state index in [4.69, 9.17) is 4.99 Å². The molecular formula is C19H18N2S. The molecule has 0 spiro atoms. The summed E-state index contributed by atoms with van der Waals surface area (Å²) in [5, 5.41) is 2.16. The highest BCUT2D eigenvalue weighted by Gasteiger charge is 2.06. The maximum atomic E-state index is 4.78. The number of hydrogen-bond acceptors (Lipinski definition) is 2. The van der Waals surface area contributed by atoms with Crippen LogP contribution in [0, 0.1) is 6.92 Å².